The van der Waals surface area contributed by atoms with E-state index in [-0.39, 0.29) is 42.5 Å². The third kappa shape index (κ3) is 5.05. The van der Waals surface area contributed by atoms with E-state index in [1.54, 1.807) is 11.9 Å². The minimum atomic E-state index is -0.531. The van der Waals surface area contributed by atoms with Crippen molar-refractivity contribution in [1.29, 1.82) is 0 Å². The first-order valence-electron chi connectivity index (χ1n) is 9.68. The molecular formula is C21H25F2IN4O2. The third-order valence-electron chi connectivity index (χ3n) is 5.15. The van der Waals surface area contributed by atoms with Gasteiger partial charge in [0.05, 0.1) is 0 Å². The zero-order valence-electron chi connectivity index (χ0n) is 16.7. The summed E-state index contributed by atoms with van der Waals surface area (Å²) in [5, 5.41) is 6.63. The van der Waals surface area contributed by atoms with E-state index in [0.29, 0.717) is 25.6 Å². The molecular weight excluding hydrogens is 505 g/mol. The molecule has 0 bridgehead atoms. The number of halogens is 3. The van der Waals surface area contributed by atoms with E-state index < -0.39 is 11.6 Å². The van der Waals surface area contributed by atoms with Crippen LogP contribution in [0, 0.1) is 11.6 Å². The highest BCUT2D eigenvalue weighted by Crippen LogP contribution is 2.32. The summed E-state index contributed by atoms with van der Waals surface area (Å²) in [4.78, 5) is 5.99. The van der Waals surface area contributed by atoms with Gasteiger partial charge in [0.2, 0.25) is 6.79 Å². The number of nitrogens with one attached hydrogen (secondary N) is 2. The number of ether oxygens (including phenoxy) is 2. The number of nitrogens with zero attached hydrogens (tertiary/aromatic N) is 2. The minimum Gasteiger partial charge on any atom is -0.454 e. The SMILES string of the molecule is CN=C(NCCc1ccc2c(c1)OCO2)NC1CCN(c2c(F)cccc2F)C1.I. The first kappa shape index (κ1) is 22.4. The smallest absolute Gasteiger partial charge is 0.231 e. The molecule has 0 aliphatic carbocycles. The summed E-state index contributed by atoms with van der Waals surface area (Å²) in [5.41, 5.74) is 1.18. The maximum Gasteiger partial charge on any atom is 0.231 e. The van der Waals surface area contributed by atoms with E-state index in [0.717, 1.165) is 29.9 Å². The summed E-state index contributed by atoms with van der Waals surface area (Å²) >= 11 is 0. The molecule has 2 N–H and O–H groups in total. The third-order valence-corrected chi connectivity index (χ3v) is 5.15. The van der Waals surface area contributed by atoms with E-state index in [2.05, 4.69) is 15.6 Å². The molecule has 162 valence electrons. The van der Waals surface area contributed by atoms with Gasteiger partial charge < -0.3 is 25.0 Å². The summed E-state index contributed by atoms with van der Waals surface area (Å²) in [6, 6.07) is 9.93. The van der Waals surface area contributed by atoms with Crippen molar-refractivity contribution >= 4 is 35.6 Å². The van der Waals surface area contributed by atoms with Gasteiger partial charge in [0.1, 0.15) is 17.3 Å². The molecule has 2 heterocycles. The molecule has 0 spiro atoms. The summed E-state index contributed by atoms with van der Waals surface area (Å²) in [7, 11) is 1.71. The van der Waals surface area contributed by atoms with E-state index in [1.807, 2.05) is 18.2 Å². The first-order chi connectivity index (χ1) is 14.1. The van der Waals surface area contributed by atoms with E-state index in [9.17, 15) is 8.78 Å². The molecule has 0 saturated carbocycles. The maximum absolute atomic E-state index is 14.0. The monoisotopic (exact) mass is 530 g/mol. The molecule has 2 aromatic rings. The van der Waals surface area contributed by atoms with Crippen molar-refractivity contribution in [3.8, 4) is 11.5 Å². The van der Waals surface area contributed by atoms with Gasteiger partial charge in [-0.15, -0.1) is 24.0 Å². The molecule has 0 amide bonds. The highest BCUT2D eigenvalue weighted by atomic mass is 127. The van der Waals surface area contributed by atoms with Crippen LogP contribution in [0.2, 0.25) is 0 Å². The largest absolute Gasteiger partial charge is 0.454 e. The zero-order valence-corrected chi connectivity index (χ0v) is 19.0. The molecule has 2 aliphatic heterocycles. The van der Waals surface area contributed by atoms with Crippen LogP contribution in [0.4, 0.5) is 14.5 Å². The second kappa shape index (κ2) is 10.1. The van der Waals surface area contributed by atoms with Gasteiger partial charge in [0.15, 0.2) is 17.5 Å². The fourth-order valence-electron chi connectivity index (χ4n) is 3.68. The first-order valence-corrected chi connectivity index (χ1v) is 9.68. The van der Waals surface area contributed by atoms with Crippen LogP contribution in [0.5, 0.6) is 11.5 Å². The quantitative estimate of drug-likeness (QED) is 0.353. The Kier molecular flexibility index (Phi) is 7.57. The van der Waals surface area contributed by atoms with Crippen LogP contribution in [-0.2, 0) is 6.42 Å². The molecule has 1 unspecified atom stereocenters. The van der Waals surface area contributed by atoms with Crippen molar-refractivity contribution in [2.24, 2.45) is 4.99 Å². The zero-order chi connectivity index (χ0) is 20.2. The van der Waals surface area contributed by atoms with Crippen LogP contribution in [0.15, 0.2) is 41.4 Å². The Morgan fingerprint density at radius 3 is 2.70 bits per heavy atom. The van der Waals surface area contributed by atoms with Gasteiger partial charge in [0.25, 0.3) is 0 Å². The van der Waals surface area contributed by atoms with Crippen LogP contribution in [0.1, 0.15) is 12.0 Å². The summed E-state index contributed by atoms with van der Waals surface area (Å²) in [6.45, 7) is 2.06. The molecule has 4 rings (SSSR count). The molecule has 2 aromatic carbocycles. The van der Waals surface area contributed by atoms with Gasteiger partial charge in [0, 0.05) is 32.7 Å². The Hall–Kier alpha value is -2.30. The number of hydrogen-bond donors (Lipinski definition) is 2. The van der Waals surface area contributed by atoms with Gasteiger partial charge in [-0.1, -0.05) is 12.1 Å². The number of aliphatic imine (C=N–C) groups is 1. The highest BCUT2D eigenvalue weighted by molar-refractivity contribution is 14.0. The Labute approximate surface area is 191 Å². The minimum absolute atomic E-state index is 0. The van der Waals surface area contributed by atoms with E-state index in [1.165, 1.54) is 18.2 Å². The van der Waals surface area contributed by atoms with Gasteiger partial charge in [-0.05, 0) is 42.7 Å². The van der Waals surface area contributed by atoms with Crippen molar-refractivity contribution < 1.29 is 18.3 Å². The van der Waals surface area contributed by atoms with Crippen LogP contribution >= 0.6 is 24.0 Å². The Morgan fingerprint density at radius 1 is 1.17 bits per heavy atom. The number of para-hydroxylation sites is 1. The standard InChI is InChI=1S/C21H24F2N4O2.HI/c1-24-21(25-9-7-14-5-6-18-19(11-14)29-13-28-18)26-15-8-10-27(12-15)20-16(22)3-2-4-17(20)23;/h2-6,11,15H,7-10,12-13H2,1H3,(H2,24,25,26);1H. The number of anilines is 1. The summed E-state index contributed by atoms with van der Waals surface area (Å²) in [5.74, 6) is 1.16. The normalized spacial score (nSPS) is 17.6. The number of hydrogen-bond acceptors (Lipinski definition) is 4. The molecule has 30 heavy (non-hydrogen) atoms. The second-order valence-corrected chi connectivity index (χ2v) is 7.08. The lowest BCUT2D eigenvalue weighted by molar-refractivity contribution is 0.174. The van der Waals surface area contributed by atoms with E-state index >= 15 is 0 Å². The molecule has 1 atom stereocenters. The predicted octanol–water partition coefficient (Wildman–Crippen LogP) is 3.30. The van der Waals surface area contributed by atoms with E-state index in [4.69, 9.17) is 9.47 Å². The van der Waals surface area contributed by atoms with Crippen molar-refractivity contribution in [1.82, 2.24) is 10.6 Å². The predicted molar refractivity (Wildman–Crippen MR) is 123 cm³/mol. The van der Waals surface area contributed by atoms with Gasteiger partial charge in [-0.2, -0.15) is 0 Å². The van der Waals surface area contributed by atoms with Crippen LogP contribution in [0.25, 0.3) is 0 Å². The molecule has 0 aromatic heterocycles. The van der Waals surface area contributed by atoms with Gasteiger partial charge >= 0.3 is 0 Å². The molecule has 2 aliphatic rings. The van der Waals surface area contributed by atoms with Gasteiger partial charge in [-0.25, -0.2) is 8.78 Å². The highest BCUT2D eigenvalue weighted by Gasteiger charge is 2.27. The summed E-state index contributed by atoms with van der Waals surface area (Å²) < 4.78 is 38.8. The average molecular weight is 530 g/mol. The Morgan fingerprint density at radius 2 is 1.93 bits per heavy atom. The lowest BCUT2D eigenvalue weighted by atomic mass is 10.1. The lowest BCUT2D eigenvalue weighted by Crippen LogP contribution is -2.45. The second-order valence-electron chi connectivity index (χ2n) is 7.08. The molecule has 1 fully saturated rings. The van der Waals surface area contributed by atoms with Crippen molar-refractivity contribution in [2.75, 3.05) is 38.4 Å². The molecule has 0 radical (unpaired) electrons. The van der Waals surface area contributed by atoms with Crippen molar-refractivity contribution in [3.05, 3.63) is 53.6 Å². The number of guanidine groups is 1. The molecule has 6 nitrogen and oxygen atoms in total. The topological polar surface area (TPSA) is 58.1 Å². The Bertz CT molecular complexity index is 892. The van der Waals surface area contributed by atoms with Crippen LogP contribution in [-0.4, -0.2) is 45.5 Å². The molecule has 9 heteroatoms. The number of rotatable bonds is 5. The van der Waals surface area contributed by atoms with Crippen molar-refractivity contribution in [3.63, 3.8) is 0 Å². The van der Waals surface area contributed by atoms with Crippen LogP contribution < -0.4 is 25.0 Å². The van der Waals surface area contributed by atoms with Crippen molar-refractivity contribution in [2.45, 2.75) is 18.9 Å². The fourth-order valence-corrected chi connectivity index (χ4v) is 3.68. The van der Waals surface area contributed by atoms with Crippen LogP contribution in [0.3, 0.4) is 0 Å². The molecule has 1 saturated heterocycles. The van der Waals surface area contributed by atoms with Gasteiger partial charge in [-0.3, -0.25) is 4.99 Å². The number of benzene rings is 2. The Balaban J connectivity index is 0.00000256. The lowest BCUT2D eigenvalue weighted by Gasteiger charge is -2.21. The fraction of sp³-hybridized carbons (Fsp3) is 0.381. The average Bonchev–Trinajstić information content (AvgIpc) is 3.36. The number of fused-ring (bicyclic) bond motifs is 1. The maximum atomic E-state index is 14.0. The summed E-state index contributed by atoms with van der Waals surface area (Å²) in [6.07, 6.45) is 1.57.